The van der Waals surface area contributed by atoms with Crippen molar-refractivity contribution in [3.8, 4) is 0 Å². The van der Waals surface area contributed by atoms with Crippen LogP contribution < -0.4 is 0 Å². The average Bonchev–Trinajstić information content (AvgIpc) is 2.92. The lowest BCUT2D eigenvalue weighted by atomic mass is 10.1. The van der Waals surface area contributed by atoms with Crippen molar-refractivity contribution in [2.75, 3.05) is 5.75 Å². The van der Waals surface area contributed by atoms with Crippen molar-refractivity contribution < 1.29 is 0 Å². The highest BCUT2D eigenvalue weighted by Gasteiger charge is 2.20. The Labute approximate surface area is 116 Å². The highest BCUT2D eigenvalue weighted by Crippen LogP contribution is 2.29. The minimum Gasteiger partial charge on any atom is -0.322 e. The van der Waals surface area contributed by atoms with E-state index < -0.39 is 0 Å². The standard InChI is InChI=1S/C15H26N2S/c1-3-5-7-9-13-14(10-8-6-4-2)17-11-12-18-15(17)16-13/h3-12H2,1-2H3. The molecule has 102 valence electrons. The summed E-state index contributed by atoms with van der Waals surface area (Å²) in [5.74, 6) is 1.22. The summed E-state index contributed by atoms with van der Waals surface area (Å²) in [6, 6.07) is 0. The molecule has 1 aliphatic heterocycles. The summed E-state index contributed by atoms with van der Waals surface area (Å²) in [6.07, 6.45) is 10.4. The summed E-state index contributed by atoms with van der Waals surface area (Å²) in [6.45, 7) is 5.73. The van der Waals surface area contributed by atoms with Crippen LogP contribution in [0.25, 0.3) is 0 Å². The number of thioether (sulfide) groups is 1. The Hall–Kier alpha value is -0.440. The molecule has 1 aromatic rings. The minimum atomic E-state index is 1.18. The maximum atomic E-state index is 4.87. The van der Waals surface area contributed by atoms with Gasteiger partial charge >= 0.3 is 0 Å². The molecule has 0 aliphatic carbocycles. The third-order valence-electron chi connectivity index (χ3n) is 3.70. The molecule has 1 aliphatic rings. The molecule has 0 atom stereocenters. The van der Waals surface area contributed by atoms with Gasteiger partial charge in [-0.3, -0.25) is 0 Å². The van der Waals surface area contributed by atoms with Crippen LogP contribution >= 0.6 is 11.8 Å². The van der Waals surface area contributed by atoms with Gasteiger partial charge in [-0.05, 0) is 25.7 Å². The predicted octanol–water partition coefficient (Wildman–Crippen LogP) is 4.45. The van der Waals surface area contributed by atoms with E-state index in [-0.39, 0.29) is 0 Å². The molecular weight excluding hydrogens is 240 g/mol. The van der Waals surface area contributed by atoms with Crippen LogP contribution in [0, 0.1) is 0 Å². The number of rotatable bonds is 8. The van der Waals surface area contributed by atoms with Gasteiger partial charge in [-0.15, -0.1) is 0 Å². The molecule has 3 heteroatoms. The monoisotopic (exact) mass is 266 g/mol. The zero-order valence-electron chi connectivity index (χ0n) is 11.9. The van der Waals surface area contributed by atoms with Crippen LogP contribution in [0.5, 0.6) is 0 Å². The fraction of sp³-hybridized carbons (Fsp3) is 0.800. The van der Waals surface area contributed by atoms with E-state index in [1.54, 1.807) is 5.69 Å². The molecule has 0 saturated heterocycles. The summed E-state index contributed by atoms with van der Waals surface area (Å²) < 4.78 is 2.49. The van der Waals surface area contributed by atoms with Crippen molar-refractivity contribution in [2.45, 2.75) is 76.9 Å². The maximum absolute atomic E-state index is 4.87. The molecule has 0 radical (unpaired) electrons. The molecule has 1 aromatic heterocycles. The van der Waals surface area contributed by atoms with E-state index in [9.17, 15) is 0 Å². The summed E-state index contributed by atoms with van der Waals surface area (Å²) in [5.41, 5.74) is 2.96. The number of unbranched alkanes of at least 4 members (excludes halogenated alkanes) is 4. The Morgan fingerprint density at radius 1 is 1.06 bits per heavy atom. The molecule has 0 aromatic carbocycles. The third kappa shape index (κ3) is 3.31. The second kappa shape index (κ2) is 7.22. The van der Waals surface area contributed by atoms with Gasteiger partial charge in [0.05, 0.1) is 5.69 Å². The number of hydrogen-bond acceptors (Lipinski definition) is 2. The second-order valence-corrected chi connectivity index (χ2v) is 6.26. The summed E-state index contributed by atoms with van der Waals surface area (Å²) >= 11 is 1.93. The summed E-state index contributed by atoms with van der Waals surface area (Å²) in [5, 5.41) is 1.29. The Morgan fingerprint density at radius 3 is 2.50 bits per heavy atom. The van der Waals surface area contributed by atoms with Gasteiger partial charge in [0, 0.05) is 18.0 Å². The summed E-state index contributed by atoms with van der Waals surface area (Å²) in [4.78, 5) is 4.87. The van der Waals surface area contributed by atoms with Crippen molar-refractivity contribution in [1.29, 1.82) is 0 Å². The Kier molecular flexibility index (Phi) is 5.61. The van der Waals surface area contributed by atoms with Gasteiger partial charge in [-0.25, -0.2) is 4.98 Å². The molecule has 0 amide bonds. The second-order valence-electron chi connectivity index (χ2n) is 5.20. The normalized spacial score (nSPS) is 14.1. The van der Waals surface area contributed by atoms with Gasteiger partial charge in [0.15, 0.2) is 5.16 Å². The first-order chi connectivity index (χ1) is 8.86. The Morgan fingerprint density at radius 2 is 1.78 bits per heavy atom. The first-order valence-electron chi connectivity index (χ1n) is 7.57. The van der Waals surface area contributed by atoms with Crippen molar-refractivity contribution in [3.63, 3.8) is 0 Å². The number of aromatic nitrogens is 2. The molecule has 0 spiro atoms. The van der Waals surface area contributed by atoms with Gasteiger partial charge in [-0.2, -0.15) is 0 Å². The lowest BCUT2D eigenvalue weighted by molar-refractivity contribution is 0.631. The van der Waals surface area contributed by atoms with Gasteiger partial charge in [0.1, 0.15) is 0 Å². The molecule has 0 fully saturated rings. The first-order valence-corrected chi connectivity index (χ1v) is 8.56. The highest BCUT2D eigenvalue weighted by atomic mass is 32.2. The van der Waals surface area contributed by atoms with Crippen LogP contribution in [0.2, 0.25) is 0 Å². The van der Waals surface area contributed by atoms with E-state index in [4.69, 9.17) is 4.98 Å². The first kappa shape index (κ1) is 14.0. The zero-order valence-corrected chi connectivity index (χ0v) is 12.7. The van der Waals surface area contributed by atoms with Crippen molar-refractivity contribution >= 4 is 11.8 Å². The van der Waals surface area contributed by atoms with E-state index in [0.29, 0.717) is 0 Å². The van der Waals surface area contributed by atoms with E-state index in [1.165, 1.54) is 74.5 Å². The summed E-state index contributed by atoms with van der Waals surface area (Å²) in [7, 11) is 0. The Balaban J connectivity index is 2.02. The topological polar surface area (TPSA) is 17.8 Å². The van der Waals surface area contributed by atoms with Gasteiger partial charge < -0.3 is 4.57 Å². The molecule has 18 heavy (non-hydrogen) atoms. The van der Waals surface area contributed by atoms with Crippen LogP contribution in [0.15, 0.2) is 5.16 Å². The van der Waals surface area contributed by atoms with Crippen LogP contribution in [-0.4, -0.2) is 15.3 Å². The van der Waals surface area contributed by atoms with Crippen LogP contribution in [0.4, 0.5) is 0 Å². The van der Waals surface area contributed by atoms with Gasteiger partial charge in [0.25, 0.3) is 0 Å². The lowest BCUT2D eigenvalue weighted by Gasteiger charge is -2.07. The maximum Gasteiger partial charge on any atom is 0.168 e. The average molecular weight is 266 g/mol. The van der Waals surface area contributed by atoms with Crippen molar-refractivity contribution in [1.82, 2.24) is 9.55 Å². The fourth-order valence-electron chi connectivity index (χ4n) is 2.64. The van der Waals surface area contributed by atoms with Gasteiger partial charge in [0.2, 0.25) is 0 Å². The van der Waals surface area contributed by atoms with E-state index in [1.807, 2.05) is 11.8 Å². The number of imidazole rings is 1. The molecule has 0 unspecified atom stereocenters. The van der Waals surface area contributed by atoms with E-state index in [2.05, 4.69) is 18.4 Å². The molecule has 2 heterocycles. The van der Waals surface area contributed by atoms with Crippen molar-refractivity contribution in [3.05, 3.63) is 11.4 Å². The zero-order chi connectivity index (χ0) is 12.8. The molecule has 0 saturated carbocycles. The quantitative estimate of drug-likeness (QED) is 0.647. The number of nitrogens with zero attached hydrogens (tertiary/aromatic N) is 2. The lowest BCUT2D eigenvalue weighted by Crippen LogP contribution is -2.03. The van der Waals surface area contributed by atoms with Gasteiger partial charge in [-0.1, -0.05) is 51.3 Å². The molecule has 2 nitrogen and oxygen atoms in total. The van der Waals surface area contributed by atoms with Crippen LogP contribution in [0.3, 0.4) is 0 Å². The molecule has 0 bridgehead atoms. The SMILES string of the molecule is CCCCCc1nc2n(c1CCCCC)CCS2. The predicted molar refractivity (Wildman–Crippen MR) is 79.4 cm³/mol. The Bertz CT molecular complexity index is 371. The number of hydrogen-bond donors (Lipinski definition) is 0. The van der Waals surface area contributed by atoms with Crippen LogP contribution in [-0.2, 0) is 19.4 Å². The third-order valence-corrected chi connectivity index (χ3v) is 4.66. The fourth-order valence-corrected chi connectivity index (χ4v) is 3.63. The molecule has 0 N–H and O–H groups in total. The number of aryl methyl sites for hydroxylation is 1. The minimum absolute atomic E-state index is 1.18. The smallest absolute Gasteiger partial charge is 0.168 e. The van der Waals surface area contributed by atoms with E-state index >= 15 is 0 Å². The van der Waals surface area contributed by atoms with Crippen LogP contribution in [0.1, 0.15) is 63.8 Å². The number of fused-ring (bicyclic) bond motifs is 1. The highest BCUT2D eigenvalue weighted by molar-refractivity contribution is 7.99. The van der Waals surface area contributed by atoms with Crippen molar-refractivity contribution in [2.24, 2.45) is 0 Å². The molecule has 2 rings (SSSR count). The molecular formula is C15H26N2S. The van der Waals surface area contributed by atoms with E-state index in [0.717, 1.165) is 0 Å². The largest absolute Gasteiger partial charge is 0.322 e.